The van der Waals surface area contributed by atoms with Gasteiger partial charge in [0.2, 0.25) is 0 Å². The third-order valence-corrected chi connectivity index (χ3v) is 3.47. The first kappa shape index (κ1) is 13.2. The lowest BCUT2D eigenvalue weighted by Crippen LogP contribution is -2.36. The van der Waals surface area contributed by atoms with E-state index in [1.54, 1.807) is 0 Å². The van der Waals surface area contributed by atoms with Crippen LogP contribution in [0.3, 0.4) is 0 Å². The number of carbonyl (C=O) groups is 1. The van der Waals surface area contributed by atoms with Crippen molar-refractivity contribution in [3.8, 4) is 0 Å². The summed E-state index contributed by atoms with van der Waals surface area (Å²) < 4.78 is 26.0. The maximum Gasteiger partial charge on any atom is 0.254 e. The second-order valence-corrected chi connectivity index (χ2v) is 4.78. The van der Waals surface area contributed by atoms with Gasteiger partial charge in [-0.25, -0.2) is 9.37 Å². The molecule has 3 nitrogen and oxygen atoms in total. The number of halogens is 3. The molecule has 1 N–H and O–H groups in total. The number of nitrogens with one attached hydrogen (secondary N) is 1. The molecule has 1 aliphatic rings. The number of carbonyl (C=O) groups excluding carboxylic acids is 1. The summed E-state index contributed by atoms with van der Waals surface area (Å²) in [6.07, 6.45) is 6.06. The van der Waals surface area contributed by atoms with Crippen molar-refractivity contribution in [3.63, 3.8) is 0 Å². The van der Waals surface area contributed by atoms with Gasteiger partial charge in [-0.2, -0.15) is 4.39 Å². The molecule has 6 heteroatoms. The van der Waals surface area contributed by atoms with Gasteiger partial charge < -0.3 is 5.32 Å². The van der Waals surface area contributed by atoms with Crippen LogP contribution in [0.25, 0.3) is 0 Å². The van der Waals surface area contributed by atoms with Crippen molar-refractivity contribution in [1.29, 1.82) is 0 Å². The highest BCUT2D eigenvalue weighted by atomic mass is 35.5. The van der Waals surface area contributed by atoms with Crippen LogP contribution in [0.5, 0.6) is 0 Å². The zero-order chi connectivity index (χ0) is 13.1. The highest BCUT2D eigenvalue weighted by Crippen LogP contribution is 2.22. The minimum absolute atomic E-state index is 0.0791. The largest absolute Gasteiger partial charge is 0.349 e. The Morgan fingerprint density at radius 3 is 2.67 bits per heavy atom. The Hall–Kier alpha value is -1.23. The maximum atomic E-state index is 13.2. The van der Waals surface area contributed by atoms with E-state index in [0.717, 1.165) is 31.9 Å². The maximum absolute atomic E-state index is 13.2. The molecule has 0 atom stereocenters. The molecule has 1 amide bonds. The molecule has 0 aliphatic heterocycles. The SMILES string of the molecule is O=C(NC1CCCCC1)c1cnc(F)c(F)c1Cl. The van der Waals surface area contributed by atoms with Gasteiger partial charge in [0, 0.05) is 12.2 Å². The van der Waals surface area contributed by atoms with E-state index in [1.807, 2.05) is 0 Å². The van der Waals surface area contributed by atoms with Crippen LogP contribution in [-0.4, -0.2) is 16.9 Å². The zero-order valence-electron chi connectivity index (χ0n) is 9.68. The fraction of sp³-hybridized carbons (Fsp3) is 0.500. The van der Waals surface area contributed by atoms with Gasteiger partial charge in [0.05, 0.1) is 10.6 Å². The lowest BCUT2D eigenvalue weighted by atomic mass is 9.95. The summed E-state index contributed by atoms with van der Waals surface area (Å²) in [7, 11) is 0. The Labute approximate surface area is 109 Å². The molecule has 98 valence electrons. The smallest absolute Gasteiger partial charge is 0.254 e. The van der Waals surface area contributed by atoms with Crippen LogP contribution in [0.1, 0.15) is 42.5 Å². The molecule has 1 aromatic rings. The van der Waals surface area contributed by atoms with Gasteiger partial charge in [-0.15, -0.1) is 0 Å². The molecule has 1 aromatic heterocycles. The molecule has 1 fully saturated rings. The van der Waals surface area contributed by atoms with Gasteiger partial charge >= 0.3 is 0 Å². The van der Waals surface area contributed by atoms with E-state index in [4.69, 9.17) is 11.6 Å². The van der Waals surface area contributed by atoms with Gasteiger partial charge in [-0.3, -0.25) is 4.79 Å². The predicted octanol–water partition coefficient (Wildman–Crippen LogP) is 3.08. The summed E-state index contributed by atoms with van der Waals surface area (Å²) in [5.74, 6) is -3.08. The molecule has 0 unspecified atom stereocenters. The van der Waals surface area contributed by atoms with Gasteiger partial charge in [-0.1, -0.05) is 30.9 Å². The van der Waals surface area contributed by atoms with Crippen molar-refractivity contribution in [2.45, 2.75) is 38.1 Å². The van der Waals surface area contributed by atoms with Crippen molar-refractivity contribution in [2.24, 2.45) is 0 Å². The van der Waals surface area contributed by atoms with E-state index in [2.05, 4.69) is 10.3 Å². The highest BCUT2D eigenvalue weighted by molar-refractivity contribution is 6.33. The van der Waals surface area contributed by atoms with E-state index in [9.17, 15) is 13.6 Å². The topological polar surface area (TPSA) is 42.0 Å². The first-order valence-electron chi connectivity index (χ1n) is 5.90. The average molecular weight is 275 g/mol. The third kappa shape index (κ3) is 2.77. The Morgan fingerprint density at radius 1 is 1.33 bits per heavy atom. The lowest BCUT2D eigenvalue weighted by molar-refractivity contribution is 0.0927. The highest BCUT2D eigenvalue weighted by Gasteiger charge is 2.21. The van der Waals surface area contributed by atoms with Crippen molar-refractivity contribution < 1.29 is 13.6 Å². The van der Waals surface area contributed by atoms with Crippen molar-refractivity contribution in [3.05, 3.63) is 28.5 Å². The molecule has 1 saturated carbocycles. The Kier molecular flexibility index (Phi) is 4.11. The summed E-state index contributed by atoms with van der Waals surface area (Å²) in [5, 5.41) is 2.25. The van der Waals surface area contributed by atoms with Gasteiger partial charge in [0.1, 0.15) is 0 Å². The van der Waals surface area contributed by atoms with E-state index in [1.165, 1.54) is 6.42 Å². The summed E-state index contributed by atoms with van der Waals surface area (Å²) in [6, 6.07) is 0.0791. The Bertz CT molecular complexity index is 462. The van der Waals surface area contributed by atoms with Crippen molar-refractivity contribution in [2.75, 3.05) is 0 Å². The molecular formula is C12H13ClF2N2O. The Balaban J connectivity index is 2.11. The van der Waals surface area contributed by atoms with Crippen LogP contribution >= 0.6 is 11.6 Å². The van der Waals surface area contributed by atoms with Gasteiger partial charge in [0.25, 0.3) is 11.9 Å². The third-order valence-electron chi connectivity index (χ3n) is 3.10. The van der Waals surface area contributed by atoms with Crippen LogP contribution in [0, 0.1) is 11.8 Å². The van der Waals surface area contributed by atoms with E-state index >= 15 is 0 Å². The molecule has 0 saturated heterocycles. The van der Waals surface area contributed by atoms with E-state index < -0.39 is 22.7 Å². The second-order valence-electron chi connectivity index (χ2n) is 4.40. The van der Waals surface area contributed by atoms with Gasteiger partial charge in [-0.05, 0) is 12.8 Å². The number of nitrogens with zero attached hydrogens (tertiary/aromatic N) is 1. The molecule has 0 spiro atoms. The molecule has 2 rings (SSSR count). The normalized spacial score (nSPS) is 16.6. The monoisotopic (exact) mass is 274 g/mol. The van der Waals surface area contributed by atoms with Crippen LogP contribution in [0.15, 0.2) is 6.20 Å². The number of amides is 1. The molecule has 0 radical (unpaired) electrons. The van der Waals surface area contributed by atoms with Crippen molar-refractivity contribution in [1.82, 2.24) is 10.3 Å². The summed E-state index contributed by atoms with van der Waals surface area (Å²) >= 11 is 5.60. The van der Waals surface area contributed by atoms with Crippen LogP contribution < -0.4 is 5.32 Å². The molecule has 1 aliphatic carbocycles. The lowest BCUT2D eigenvalue weighted by Gasteiger charge is -2.22. The van der Waals surface area contributed by atoms with E-state index in [0.29, 0.717) is 0 Å². The number of pyridine rings is 1. The number of hydrogen-bond acceptors (Lipinski definition) is 2. The van der Waals surface area contributed by atoms with Crippen LogP contribution in [-0.2, 0) is 0 Å². The van der Waals surface area contributed by atoms with Gasteiger partial charge in [0.15, 0.2) is 5.82 Å². The minimum Gasteiger partial charge on any atom is -0.349 e. The number of rotatable bonds is 2. The standard InChI is InChI=1S/C12H13ClF2N2O/c13-9-8(6-16-11(15)10(9)14)12(18)17-7-4-2-1-3-5-7/h6-7H,1-5H2,(H,17,18). The summed E-state index contributed by atoms with van der Waals surface area (Å²) in [5.41, 5.74) is -0.124. The average Bonchev–Trinajstić information content (AvgIpc) is 2.37. The number of hydrogen-bond donors (Lipinski definition) is 1. The quantitative estimate of drug-likeness (QED) is 0.842. The first-order valence-corrected chi connectivity index (χ1v) is 6.27. The minimum atomic E-state index is -1.30. The van der Waals surface area contributed by atoms with Crippen LogP contribution in [0.4, 0.5) is 8.78 Å². The molecule has 18 heavy (non-hydrogen) atoms. The number of aromatic nitrogens is 1. The zero-order valence-corrected chi connectivity index (χ0v) is 10.4. The van der Waals surface area contributed by atoms with Crippen molar-refractivity contribution >= 4 is 17.5 Å². The summed E-state index contributed by atoms with van der Waals surface area (Å²) in [4.78, 5) is 15.0. The molecule has 0 bridgehead atoms. The second kappa shape index (κ2) is 5.61. The molecule has 1 heterocycles. The predicted molar refractivity (Wildman–Crippen MR) is 63.5 cm³/mol. The first-order chi connectivity index (χ1) is 8.59. The molecular weight excluding hydrogens is 262 g/mol. The van der Waals surface area contributed by atoms with Crippen LogP contribution in [0.2, 0.25) is 5.02 Å². The fourth-order valence-electron chi connectivity index (χ4n) is 2.11. The summed E-state index contributed by atoms with van der Waals surface area (Å²) in [6.45, 7) is 0. The van der Waals surface area contributed by atoms with E-state index in [-0.39, 0.29) is 11.6 Å². The molecule has 0 aromatic carbocycles. The Morgan fingerprint density at radius 2 is 2.00 bits per heavy atom. The fourth-order valence-corrected chi connectivity index (χ4v) is 2.32.